The van der Waals surface area contributed by atoms with Gasteiger partial charge in [0, 0.05) is 31.8 Å². The molecule has 0 atom stereocenters. The lowest BCUT2D eigenvalue weighted by Crippen LogP contribution is -2.12. The average molecular weight is 321 g/mol. The molecule has 1 heterocycles. The molecule has 0 spiro atoms. The number of fused-ring (bicyclic) bond motifs is 1. The summed E-state index contributed by atoms with van der Waals surface area (Å²) in [6.45, 7) is 0. The molecule has 1 nitrogen and oxygen atoms in total. The van der Waals surface area contributed by atoms with Gasteiger partial charge in [0.15, 0.2) is 5.78 Å². The fourth-order valence-corrected chi connectivity index (χ4v) is 3.57. The van der Waals surface area contributed by atoms with Crippen molar-refractivity contribution in [2.24, 2.45) is 0 Å². The van der Waals surface area contributed by atoms with Gasteiger partial charge in [0.2, 0.25) is 0 Å². The van der Waals surface area contributed by atoms with Crippen LogP contribution in [0.1, 0.15) is 15.9 Å². The minimum absolute atomic E-state index is 0.0744. The molecule has 3 rings (SSSR count). The van der Waals surface area contributed by atoms with E-state index in [9.17, 15) is 4.79 Å². The van der Waals surface area contributed by atoms with Gasteiger partial charge in [0.1, 0.15) is 0 Å². The van der Waals surface area contributed by atoms with Gasteiger partial charge in [-0.05, 0) is 35.9 Å². The molecule has 4 heteroatoms. The smallest absolute Gasteiger partial charge is 0.191 e. The van der Waals surface area contributed by atoms with Crippen LogP contribution in [-0.4, -0.2) is 11.5 Å². The number of thioether (sulfide) groups is 1. The highest BCUT2D eigenvalue weighted by Gasteiger charge is 2.22. The van der Waals surface area contributed by atoms with Gasteiger partial charge in [-0.25, -0.2) is 0 Å². The molecule has 1 aliphatic rings. The number of carbonyl (C=O) groups excluding carboxylic acids is 1. The van der Waals surface area contributed by atoms with E-state index in [1.54, 1.807) is 23.9 Å². The molecule has 0 radical (unpaired) electrons. The summed E-state index contributed by atoms with van der Waals surface area (Å²) >= 11 is 13.7. The fourth-order valence-electron chi connectivity index (χ4n) is 2.09. The first-order chi connectivity index (χ1) is 9.65. The third-order valence-corrected chi connectivity index (χ3v) is 4.78. The fraction of sp³-hybridized carbons (Fsp3) is 0.0625. The number of ketones is 1. The second-order valence-corrected chi connectivity index (χ2v) is 6.31. The Kier molecular flexibility index (Phi) is 3.88. The van der Waals surface area contributed by atoms with Gasteiger partial charge in [0.05, 0.1) is 0 Å². The summed E-state index contributed by atoms with van der Waals surface area (Å²) in [6, 6.07) is 13.0. The maximum Gasteiger partial charge on any atom is 0.191 e. The molecular weight excluding hydrogens is 311 g/mol. The Morgan fingerprint density at radius 3 is 2.70 bits per heavy atom. The van der Waals surface area contributed by atoms with Crippen molar-refractivity contribution in [3.05, 3.63) is 69.2 Å². The number of carbonyl (C=O) groups is 1. The minimum Gasteiger partial charge on any atom is -0.289 e. The molecule has 2 aromatic carbocycles. The first-order valence-corrected chi connectivity index (χ1v) is 7.81. The molecule has 0 amide bonds. The summed E-state index contributed by atoms with van der Waals surface area (Å²) in [5.41, 5.74) is 2.34. The number of benzene rings is 2. The lowest BCUT2D eigenvalue weighted by Gasteiger charge is -2.16. The lowest BCUT2D eigenvalue weighted by atomic mass is 10.0. The maximum atomic E-state index is 12.4. The molecule has 0 saturated heterocycles. The van der Waals surface area contributed by atoms with Gasteiger partial charge in [-0.2, -0.15) is 0 Å². The summed E-state index contributed by atoms with van der Waals surface area (Å²) in [5.74, 6) is 0.736. The van der Waals surface area contributed by atoms with Crippen molar-refractivity contribution in [1.82, 2.24) is 0 Å². The average Bonchev–Trinajstić information content (AvgIpc) is 2.45. The van der Waals surface area contributed by atoms with Crippen LogP contribution in [0, 0.1) is 0 Å². The highest BCUT2D eigenvalue weighted by Crippen LogP contribution is 2.34. The van der Waals surface area contributed by atoms with Gasteiger partial charge in [-0.1, -0.05) is 41.4 Å². The predicted octanol–water partition coefficient (Wildman–Crippen LogP) is 5.37. The van der Waals surface area contributed by atoms with Gasteiger partial charge in [-0.15, -0.1) is 11.8 Å². The van der Waals surface area contributed by atoms with Gasteiger partial charge in [-0.3, -0.25) is 4.79 Å². The zero-order valence-electron chi connectivity index (χ0n) is 10.4. The van der Waals surface area contributed by atoms with Crippen LogP contribution in [0.15, 0.2) is 52.9 Å². The minimum atomic E-state index is 0.0744. The van der Waals surface area contributed by atoms with Gasteiger partial charge in [0.25, 0.3) is 0 Å². The first-order valence-electron chi connectivity index (χ1n) is 6.07. The van der Waals surface area contributed by atoms with E-state index in [1.165, 1.54) is 0 Å². The molecule has 0 saturated carbocycles. The van der Waals surface area contributed by atoms with Crippen molar-refractivity contribution in [2.45, 2.75) is 4.90 Å². The molecule has 20 heavy (non-hydrogen) atoms. The summed E-state index contributed by atoms with van der Waals surface area (Å²) in [4.78, 5) is 13.5. The Morgan fingerprint density at radius 2 is 1.90 bits per heavy atom. The van der Waals surface area contributed by atoms with E-state index in [2.05, 4.69) is 0 Å². The first kappa shape index (κ1) is 13.7. The molecule has 0 fully saturated rings. The Hall–Kier alpha value is -1.22. The highest BCUT2D eigenvalue weighted by atomic mass is 35.5. The van der Waals surface area contributed by atoms with Crippen LogP contribution in [0.2, 0.25) is 10.0 Å². The van der Waals surface area contributed by atoms with Crippen LogP contribution in [-0.2, 0) is 0 Å². The second kappa shape index (κ2) is 5.65. The Morgan fingerprint density at radius 1 is 1.10 bits per heavy atom. The SMILES string of the molecule is O=C1/C(=C\c2ccc(Cl)cc2Cl)CSc2ccccc21. The summed E-state index contributed by atoms with van der Waals surface area (Å²) in [5, 5.41) is 1.15. The summed E-state index contributed by atoms with van der Waals surface area (Å²) in [7, 11) is 0. The Bertz CT molecular complexity index is 722. The molecule has 0 bridgehead atoms. The lowest BCUT2D eigenvalue weighted by molar-refractivity contribution is 0.103. The van der Waals surface area contributed by atoms with E-state index in [0.29, 0.717) is 15.8 Å². The van der Waals surface area contributed by atoms with E-state index < -0.39 is 0 Å². The van der Waals surface area contributed by atoms with Crippen molar-refractivity contribution < 1.29 is 4.79 Å². The standard InChI is InChI=1S/C16H10Cl2OS/c17-12-6-5-10(14(18)8-12)7-11-9-20-15-4-2-1-3-13(15)16(11)19/h1-8H,9H2/b11-7-. The molecular formula is C16H10Cl2OS. The molecule has 100 valence electrons. The third-order valence-electron chi connectivity index (χ3n) is 3.10. The summed E-state index contributed by atoms with van der Waals surface area (Å²) < 4.78 is 0. The van der Waals surface area contributed by atoms with E-state index >= 15 is 0 Å². The molecule has 2 aromatic rings. The highest BCUT2D eigenvalue weighted by molar-refractivity contribution is 7.99. The van der Waals surface area contributed by atoms with Crippen LogP contribution in [0.3, 0.4) is 0 Å². The van der Waals surface area contributed by atoms with Crippen LogP contribution < -0.4 is 0 Å². The van der Waals surface area contributed by atoms with Crippen molar-refractivity contribution in [3.8, 4) is 0 Å². The Balaban J connectivity index is 2.00. The summed E-state index contributed by atoms with van der Waals surface area (Å²) in [6.07, 6.45) is 1.85. The Labute approximate surface area is 131 Å². The van der Waals surface area contributed by atoms with Gasteiger partial charge >= 0.3 is 0 Å². The molecule has 1 aliphatic heterocycles. The van der Waals surface area contributed by atoms with E-state index in [0.717, 1.165) is 21.6 Å². The number of hydrogen-bond donors (Lipinski definition) is 0. The molecule has 0 aliphatic carbocycles. The van der Waals surface area contributed by atoms with Crippen LogP contribution in [0.25, 0.3) is 6.08 Å². The number of rotatable bonds is 1. The number of Topliss-reactive ketones (excluding diaryl/α,β-unsaturated/α-hetero) is 1. The molecule has 0 N–H and O–H groups in total. The third kappa shape index (κ3) is 2.64. The monoisotopic (exact) mass is 320 g/mol. The zero-order valence-corrected chi connectivity index (χ0v) is 12.7. The van der Waals surface area contributed by atoms with Crippen LogP contribution >= 0.6 is 35.0 Å². The topological polar surface area (TPSA) is 17.1 Å². The van der Waals surface area contributed by atoms with E-state index in [1.807, 2.05) is 36.4 Å². The quantitative estimate of drug-likeness (QED) is 0.657. The predicted molar refractivity (Wildman–Crippen MR) is 85.9 cm³/mol. The van der Waals surface area contributed by atoms with Gasteiger partial charge < -0.3 is 0 Å². The van der Waals surface area contributed by atoms with E-state index in [-0.39, 0.29) is 5.78 Å². The molecule has 0 unspecified atom stereocenters. The maximum absolute atomic E-state index is 12.4. The largest absolute Gasteiger partial charge is 0.289 e. The molecule has 0 aromatic heterocycles. The van der Waals surface area contributed by atoms with Crippen molar-refractivity contribution in [1.29, 1.82) is 0 Å². The zero-order chi connectivity index (χ0) is 14.1. The van der Waals surface area contributed by atoms with Crippen molar-refractivity contribution >= 4 is 46.8 Å². The number of halogens is 2. The normalized spacial score (nSPS) is 16.3. The number of hydrogen-bond acceptors (Lipinski definition) is 2. The second-order valence-electron chi connectivity index (χ2n) is 4.45. The van der Waals surface area contributed by atoms with E-state index in [4.69, 9.17) is 23.2 Å². The van der Waals surface area contributed by atoms with Crippen LogP contribution in [0.4, 0.5) is 0 Å². The van der Waals surface area contributed by atoms with Crippen molar-refractivity contribution in [2.75, 3.05) is 5.75 Å². The van der Waals surface area contributed by atoms with Crippen LogP contribution in [0.5, 0.6) is 0 Å². The van der Waals surface area contributed by atoms with Crippen molar-refractivity contribution in [3.63, 3.8) is 0 Å².